The predicted octanol–water partition coefficient (Wildman–Crippen LogP) is 2.39. The molecule has 0 amide bonds. The Morgan fingerprint density at radius 1 is 1.09 bits per heavy atom. The van der Waals surface area contributed by atoms with Gasteiger partial charge in [0, 0.05) is 13.5 Å². The minimum Gasteiger partial charge on any atom is -0.465 e. The summed E-state index contributed by atoms with van der Waals surface area (Å²) in [6.45, 7) is 11.7. The maximum atomic E-state index is 12.5. The monoisotopic (exact) mass is 324 g/mol. The maximum Gasteiger partial charge on any atom is 0.329 e. The highest BCUT2D eigenvalue weighted by Gasteiger charge is 2.48. The van der Waals surface area contributed by atoms with E-state index >= 15 is 0 Å². The molecule has 6 nitrogen and oxygen atoms in total. The van der Waals surface area contributed by atoms with Crippen molar-refractivity contribution in [3.8, 4) is 0 Å². The van der Waals surface area contributed by atoms with Crippen molar-refractivity contribution in [3.63, 3.8) is 0 Å². The van der Waals surface area contributed by atoms with E-state index in [-0.39, 0.29) is 18.6 Å². The molecule has 0 atom stereocenters. The van der Waals surface area contributed by atoms with Crippen LogP contribution in [0.2, 0.25) is 0 Å². The summed E-state index contributed by atoms with van der Waals surface area (Å²) in [4.78, 5) is 29.3. The first-order chi connectivity index (χ1) is 10.6. The summed E-state index contributed by atoms with van der Waals surface area (Å²) in [7, 11) is 1.81. The zero-order chi connectivity index (χ0) is 17.8. The maximum absolute atomic E-state index is 12.5. The van der Waals surface area contributed by atoms with Crippen molar-refractivity contribution in [2.75, 3.05) is 13.2 Å². The van der Waals surface area contributed by atoms with E-state index in [1.807, 2.05) is 0 Å². The van der Waals surface area contributed by atoms with E-state index in [2.05, 4.69) is 25.8 Å². The molecule has 0 fully saturated rings. The topological polar surface area (TPSA) is 70.4 Å². The van der Waals surface area contributed by atoms with Crippen LogP contribution in [0, 0.1) is 5.41 Å². The van der Waals surface area contributed by atoms with Crippen LogP contribution in [-0.2, 0) is 37.9 Å². The molecule has 1 heterocycles. The lowest BCUT2D eigenvalue weighted by atomic mass is 9.86. The number of aromatic nitrogens is 2. The molecule has 1 rings (SSSR count). The highest BCUT2D eigenvalue weighted by molar-refractivity contribution is 6.05. The van der Waals surface area contributed by atoms with Gasteiger partial charge in [0.2, 0.25) is 5.41 Å². The zero-order valence-corrected chi connectivity index (χ0v) is 15.2. The molecule has 0 spiro atoms. The number of ether oxygens (including phenoxy) is 2. The molecular weight excluding hydrogens is 296 g/mol. The fourth-order valence-electron chi connectivity index (χ4n) is 2.39. The summed E-state index contributed by atoms with van der Waals surface area (Å²) < 4.78 is 12.0. The second kappa shape index (κ2) is 7.15. The summed E-state index contributed by atoms with van der Waals surface area (Å²) in [5.41, 5.74) is -1.00. The molecule has 0 bridgehead atoms. The Morgan fingerprint density at radius 2 is 1.57 bits per heavy atom. The predicted molar refractivity (Wildman–Crippen MR) is 87.0 cm³/mol. The first-order valence-corrected chi connectivity index (χ1v) is 7.93. The van der Waals surface area contributed by atoms with Gasteiger partial charge in [-0.3, -0.25) is 9.59 Å². The van der Waals surface area contributed by atoms with Gasteiger partial charge in [-0.25, -0.2) is 4.98 Å². The van der Waals surface area contributed by atoms with E-state index in [9.17, 15) is 9.59 Å². The Balaban J connectivity index is 3.33. The van der Waals surface area contributed by atoms with Crippen molar-refractivity contribution in [1.29, 1.82) is 0 Å². The van der Waals surface area contributed by atoms with E-state index in [4.69, 9.17) is 9.47 Å². The minimum absolute atomic E-state index is 0.0423. The van der Waals surface area contributed by atoms with E-state index in [1.54, 1.807) is 31.7 Å². The molecule has 0 aliphatic rings. The Kier molecular flexibility index (Phi) is 5.97. The van der Waals surface area contributed by atoms with Crippen LogP contribution in [0.1, 0.15) is 53.1 Å². The third kappa shape index (κ3) is 4.12. The number of nitrogens with zero attached hydrogens (tertiary/aromatic N) is 2. The van der Waals surface area contributed by atoms with Crippen LogP contribution < -0.4 is 0 Å². The molecule has 6 heteroatoms. The van der Waals surface area contributed by atoms with Crippen LogP contribution in [0.4, 0.5) is 0 Å². The smallest absolute Gasteiger partial charge is 0.329 e. The van der Waals surface area contributed by atoms with Crippen LogP contribution in [0.3, 0.4) is 0 Å². The van der Waals surface area contributed by atoms with Crippen molar-refractivity contribution in [1.82, 2.24) is 9.55 Å². The van der Waals surface area contributed by atoms with Crippen molar-refractivity contribution in [2.24, 2.45) is 12.5 Å². The van der Waals surface area contributed by atoms with Gasteiger partial charge < -0.3 is 14.0 Å². The fourth-order valence-corrected chi connectivity index (χ4v) is 2.39. The van der Waals surface area contributed by atoms with Gasteiger partial charge in [0.15, 0.2) is 0 Å². The Bertz CT molecular complexity index is 552. The molecule has 1 aromatic heterocycles. The van der Waals surface area contributed by atoms with Crippen molar-refractivity contribution < 1.29 is 19.1 Å². The third-order valence-electron chi connectivity index (χ3n) is 3.65. The summed E-state index contributed by atoms with van der Waals surface area (Å²) in [6.07, 6.45) is 2.29. The largest absolute Gasteiger partial charge is 0.465 e. The van der Waals surface area contributed by atoms with Crippen LogP contribution in [0.15, 0.2) is 6.20 Å². The lowest BCUT2D eigenvalue weighted by molar-refractivity contribution is -0.164. The zero-order valence-electron chi connectivity index (χ0n) is 15.2. The van der Waals surface area contributed by atoms with Gasteiger partial charge in [0.05, 0.1) is 25.1 Å². The number of hydrogen-bond acceptors (Lipinski definition) is 5. The van der Waals surface area contributed by atoms with Gasteiger partial charge in [-0.1, -0.05) is 20.8 Å². The summed E-state index contributed by atoms with van der Waals surface area (Å²) >= 11 is 0. The summed E-state index contributed by atoms with van der Waals surface area (Å²) in [5, 5.41) is 0. The van der Waals surface area contributed by atoms with E-state index in [1.165, 1.54) is 6.92 Å². The number of hydrogen-bond donors (Lipinski definition) is 0. The van der Waals surface area contributed by atoms with Gasteiger partial charge in [0.25, 0.3) is 0 Å². The lowest BCUT2D eigenvalue weighted by Crippen LogP contribution is -2.45. The average molecular weight is 324 g/mol. The number of carbonyl (C=O) groups is 2. The molecule has 23 heavy (non-hydrogen) atoms. The van der Waals surface area contributed by atoms with Gasteiger partial charge in [-0.2, -0.15) is 0 Å². The second-order valence-electron chi connectivity index (χ2n) is 6.92. The first-order valence-electron chi connectivity index (χ1n) is 7.93. The van der Waals surface area contributed by atoms with Crippen LogP contribution in [0.25, 0.3) is 0 Å². The fraction of sp³-hybridized carbons (Fsp3) is 0.706. The van der Waals surface area contributed by atoms with E-state index < -0.39 is 17.4 Å². The number of esters is 2. The number of rotatable bonds is 6. The summed E-state index contributed by atoms with van der Waals surface area (Å²) in [5.74, 6) is -0.431. The molecule has 130 valence electrons. The summed E-state index contributed by atoms with van der Waals surface area (Å²) in [6, 6.07) is 0. The molecule has 0 saturated heterocycles. The first kappa shape index (κ1) is 19.2. The Labute approximate surface area is 138 Å². The quantitative estimate of drug-likeness (QED) is 0.593. The van der Waals surface area contributed by atoms with E-state index in [0.29, 0.717) is 5.69 Å². The number of carbonyl (C=O) groups excluding carboxylic acids is 2. The number of imidazole rings is 1. The standard InChI is InChI=1S/C17H28N2O4/c1-8-22-14(20)17(6,15(21)23-9-2)12-11-18-13(19(12)7)10-16(3,4)5/h11H,8-10H2,1-7H3. The normalized spacial score (nSPS) is 12.1. The van der Waals surface area contributed by atoms with E-state index in [0.717, 1.165) is 12.2 Å². The van der Waals surface area contributed by atoms with Crippen molar-refractivity contribution in [2.45, 2.75) is 53.4 Å². The highest BCUT2D eigenvalue weighted by atomic mass is 16.6. The SMILES string of the molecule is CCOC(=O)C(C)(C(=O)OCC)c1cnc(CC(C)(C)C)n1C. The van der Waals surface area contributed by atoms with Crippen molar-refractivity contribution in [3.05, 3.63) is 17.7 Å². The third-order valence-corrected chi connectivity index (χ3v) is 3.65. The van der Waals surface area contributed by atoms with Gasteiger partial charge in [-0.15, -0.1) is 0 Å². The second-order valence-corrected chi connectivity index (χ2v) is 6.92. The molecule has 0 unspecified atom stereocenters. The molecule has 0 N–H and O–H groups in total. The minimum atomic E-state index is -1.52. The van der Waals surface area contributed by atoms with Crippen LogP contribution in [-0.4, -0.2) is 34.7 Å². The Hall–Kier alpha value is -1.85. The molecule has 1 aromatic rings. The molecule has 0 aliphatic heterocycles. The van der Waals surface area contributed by atoms with Crippen molar-refractivity contribution >= 4 is 11.9 Å². The molecule has 0 aromatic carbocycles. The molecule has 0 aliphatic carbocycles. The van der Waals surface area contributed by atoms with Crippen LogP contribution >= 0.6 is 0 Å². The molecule has 0 radical (unpaired) electrons. The Morgan fingerprint density at radius 3 is 1.96 bits per heavy atom. The molecular formula is C17H28N2O4. The lowest BCUT2D eigenvalue weighted by Gasteiger charge is -2.26. The average Bonchev–Trinajstić information content (AvgIpc) is 2.78. The van der Waals surface area contributed by atoms with Gasteiger partial charge in [0.1, 0.15) is 5.82 Å². The highest BCUT2D eigenvalue weighted by Crippen LogP contribution is 2.29. The van der Waals surface area contributed by atoms with Gasteiger partial charge in [-0.05, 0) is 26.2 Å². The van der Waals surface area contributed by atoms with Crippen LogP contribution in [0.5, 0.6) is 0 Å². The molecule has 0 saturated carbocycles. The van der Waals surface area contributed by atoms with Gasteiger partial charge >= 0.3 is 11.9 Å².